The van der Waals surface area contributed by atoms with E-state index in [1.54, 1.807) is 0 Å². The van der Waals surface area contributed by atoms with Crippen molar-refractivity contribution in [2.45, 2.75) is 41.5 Å². The van der Waals surface area contributed by atoms with Gasteiger partial charge in [-0.25, -0.2) is 0 Å². The van der Waals surface area contributed by atoms with Gasteiger partial charge in [0.25, 0.3) is 0 Å². The summed E-state index contributed by atoms with van der Waals surface area (Å²) < 4.78 is 0. The van der Waals surface area contributed by atoms with Crippen molar-refractivity contribution in [3.63, 3.8) is 0 Å². The first kappa shape index (κ1) is 29.0. The fraction of sp³-hybridized carbons (Fsp3) is 0.400. The van der Waals surface area contributed by atoms with Gasteiger partial charge in [-0.15, -0.1) is 17.3 Å². The third-order valence-electron chi connectivity index (χ3n) is 1.22. The monoisotopic (exact) mass is 439 g/mol. The smallest absolute Gasteiger partial charge is 0.876 e. The molecule has 0 aromatic rings. The maximum atomic E-state index is 9.98. The second-order valence-corrected chi connectivity index (χ2v) is 4.10. The molecular formula is C15H21NdO6. The Hall–Kier alpha value is -1.02. The summed E-state index contributed by atoms with van der Waals surface area (Å²) >= 11 is 0. The Morgan fingerprint density at radius 1 is 0.545 bits per heavy atom. The second-order valence-electron chi connectivity index (χ2n) is 4.10. The maximum absolute atomic E-state index is 9.98. The maximum Gasteiger partial charge on any atom is 3.00 e. The first-order chi connectivity index (χ1) is 9.38. The van der Waals surface area contributed by atoms with Crippen molar-refractivity contribution in [1.29, 1.82) is 0 Å². The average molecular weight is 442 g/mol. The van der Waals surface area contributed by atoms with Gasteiger partial charge in [0.15, 0.2) is 17.3 Å². The average Bonchev–Trinajstić information content (AvgIpc) is 2.10. The Balaban J connectivity index is -0.000000108. The largest absolute Gasteiger partial charge is 3.00 e. The summed E-state index contributed by atoms with van der Waals surface area (Å²) in [5.41, 5.74) is 0. The summed E-state index contributed by atoms with van der Waals surface area (Å²) in [4.78, 5) is 29.9. The summed E-state index contributed by atoms with van der Waals surface area (Å²) in [7, 11) is 0. The van der Waals surface area contributed by atoms with Gasteiger partial charge in [0.1, 0.15) is 0 Å². The Morgan fingerprint density at radius 3 is 0.682 bits per heavy atom. The fourth-order valence-corrected chi connectivity index (χ4v) is 0.859. The van der Waals surface area contributed by atoms with Gasteiger partial charge in [-0.3, -0.25) is 14.4 Å². The Bertz CT molecular complexity index is 368. The van der Waals surface area contributed by atoms with Crippen LogP contribution >= 0.6 is 0 Å². The summed E-state index contributed by atoms with van der Waals surface area (Å²) in [5.74, 6) is -1.12. The van der Waals surface area contributed by atoms with Gasteiger partial charge in [0.2, 0.25) is 0 Å². The standard InChI is InChI=1S/3C5H8O2.Nd/c3*1-4(6)3-5(2)7;/h3*3,6H,1-2H3;/q;;;+3/p-3/b3*4-3-;. The van der Waals surface area contributed by atoms with Crippen LogP contribution in [0.1, 0.15) is 41.5 Å². The molecule has 0 unspecified atom stereocenters. The zero-order chi connectivity index (χ0) is 17.6. The van der Waals surface area contributed by atoms with E-state index in [2.05, 4.69) is 0 Å². The molecule has 0 amide bonds. The number of ketones is 3. The van der Waals surface area contributed by atoms with Crippen LogP contribution in [-0.2, 0) is 14.4 Å². The molecule has 7 heteroatoms. The molecule has 0 saturated heterocycles. The van der Waals surface area contributed by atoms with Crippen LogP contribution in [-0.4, -0.2) is 17.3 Å². The van der Waals surface area contributed by atoms with Crippen LogP contribution in [0, 0.1) is 40.8 Å². The third-order valence-corrected chi connectivity index (χ3v) is 1.22. The fourth-order valence-electron chi connectivity index (χ4n) is 0.859. The van der Waals surface area contributed by atoms with E-state index in [4.69, 9.17) is 0 Å². The number of hydrogen-bond donors (Lipinski definition) is 0. The topological polar surface area (TPSA) is 120 Å². The number of hydrogen-bond acceptors (Lipinski definition) is 6. The van der Waals surface area contributed by atoms with Crippen molar-refractivity contribution in [2.75, 3.05) is 0 Å². The first-order valence-corrected chi connectivity index (χ1v) is 5.96. The molecule has 0 aliphatic carbocycles. The molecule has 0 aromatic heterocycles. The normalized spacial score (nSPS) is 10.9. The van der Waals surface area contributed by atoms with Crippen molar-refractivity contribution in [2.24, 2.45) is 0 Å². The van der Waals surface area contributed by atoms with Crippen molar-refractivity contribution in [3.05, 3.63) is 35.5 Å². The van der Waals surface area contributed by atoms with Crippen LogP contribution in [0.3, 0.4) is 0 Å². The summed E-state index contributed by atoms with van der Waals surface area (Å²) in [5, 5.41) is 29.9. The van der Waals surface area contributed by atoms with Crippen LogP contribution in [0.5, 0.6) is 0 Å². The first-order valence-electron chi connectivity index (χ1n) is 5.96. The molecule has 0 saturated carbocycles. The summed E-state index contributed by atoms with van der Waals surface area (Å²) in [6.45, 7) is 8.09. The molecule has 0 N–H and O–H groups in total. The number of rotatable bonds is 3. The minimum atomic E-state index is -0.187. The SMILES string of the molecule is CC(=O)/C=C(/C)[O-].CC(=O)/C=C(/C)[O-].CC(=O)/C=C(/C)[O-].[Nd+3]. The van der Waals surface area contributed by atoms with E-state index in [0.29, 0.717) is 0 Å². The summed E-state index contributed by atoms with van der Waals surface area (Å²) in [6.07, 6.45) is 3.17. The second kappa shape index (κ2) is 18.0. The number of allylic oxidation sites excluding steroid dienone is 6. The van der Waals surface area contributed by atoms with E-state index in [-0.39, 0.29) is 75.5 Å². The molecule has 0 aliphatic rings. The van der Waals surface area contributed by atoms with Crippen molar-refractivity contribution < 1.29 is 70.5 Å². The summed E-state index contributed by atoms with van der Waals surface area (Å²) in [6, 6.07) is 0. The Morgan fingerprint density at radius 2 is 0.682 bits per heavy atom. The van der Waals surface area contributed by atoms with E-state index in [9.17, 15) is 29.7 Å². The third kappa shape index (κ3) is 50.9. The molecule has 0 aliphatic heterocycles. The van der Waals surface area contributed by atoms with Crippen LogP contribution < -0.4 is 15.3 Å². The Labute approximate surface area is 164 Å². The molecule has 0 fully saturated rings. The van der Waals surface area contributed by atoms with E-state index in [1.165, 1.54) is 41.5 Å². The van der Waals surface area contributed by atoms with Gasteiger partial charge in [-0.1, -0.05) is 20.8 Å². The molecule has 0 aromatic carbocycles. The van der Waals surface area contributed by atoms with Crippen LogP contribution in [0.15, 0.2) is 35.5 Å². The van der Waals surface area contributed by atoms with Crippen LogP contribution in [0.4, 0.5) is 0 Å². The zero-order valence-electron chi connectivity index (χ0n) is 13.7. The van der Waals surface area contributed by atoms with Gasteiger partial charge in [0.05, 0.1) is 0 Å². The predicted molar refractivity (Wildman–Crippen MR) is 73.3 cm³/mol. The molecule has 0 heterocycles. The molecule has 0 atom stereocenters. The number of carbonyl (C=O) groups is 3. The quantitative estimate of drug-likeness (QED) is 0.431. The van der Waals surface area contributed by atoms with Gasteiger partial charge in [-0.05, 0) is 39.0 Å². The van der Waals surface area contributed by atoms with Crippen molar-refractivity contribution >= 4 is 17.3 Å². The number of carbonyl (C=O) groups excluding carboxylic acids is 3. The van der Waals surface area contributed by atoms with E-state index >= 15 is 0 Å². The molecular weight excluding hydrogens is 420 g/mol. The van der Waals surface area contributed by atoms with Crippen molar-refractivity contribution in [1.82, 2.24) is 0 Å². The van der Waals surface area contributed by atoms with Crippen LogP contribution in [0.25, 0.3) is 0 Å². The molecule has 1 radical (unpaired) electrons. The minimum Gasteiger partial charge on any atom is -0.876 e. The van der Waals surface area contributed by atoms with E-state index < -0.39 is 0 Å². The molecule has 6 nitrogen and oxygen atoms in total. The molecule has 22 heavy (non-hydrogen) atoms. The van der Waals surface area contributed by atoms with Gasteiger partial charge < -0.3 is 15.3 Å². The molecule has 121 valence electrons. The van der Waals surface area contributed by atoms with Gasteiger partial charge in [0, 0.05) is 0 Å². The van der Waals surface area contributed by atoms with Crippen molar-refractivity contribution in [3.8, 4) is 0 Å². The zero-order valence-corrected chi connectivity index (χ0v) is 16.9. The van der Waals surface area contributed by atoms with E-state index in [1.807, 2.05) is 0 Å². The predicted octanol–water partition coefficient (Wildman–Crippen LogP) is -0.481. The van der Waals surface area contributed by atoms with Gasteiger partial charge >= 0.3 is 40.8 Å². The van der Waals surface area contributed by atoms with E-state index in [0.717, 1.165) is 18.2 Å². The van der Waals surface area contributed by atoms with Gasteiger partial charge in [-0.2, -0.15) is 0 Å². The van der Waals surface area contributed by atoms with Crippen LogP contribution in [0.2, 0.25) is 0 Å². The minimum absolute atomic E-state index is 0. The Kier molecular flexibility index (Phi) is 23.8. The molecule has 0 rings (SSSR count). The molecule has 0 bridgehead atoms. The molecule has 0 spiro atoms.